The SMILES string of the molecule is CCCNC(=O)[C@H]1[C@H]2C(=O)N(CCO)C(C(=O)NC(C)(C)C)C23CC[C@]1(C)S3. The Kier molecular flexibility index (Phi) is 5.51. The van der Waals surface area contributed by atoms with E-state index in [1.54, 1.807) is 11.8 Å². The number of carbonyl (C=O) groups is 3. The fourth-order valence-corrected chi connectivity index (χ4v) is 7.63. The Morgan fingerprint density at radius 2 is 1.96 bits per heavy atom. The highest BCUT2D eigenvalue weighted by molar-refractivity contribution is 8.02. The van der Waals surface area contributed by atoms with Gasteiger partial charge in [0, 0.05) is 23.4 Å². The lowest BCUT2D eigenvalue weighted by Gasteiger charge is -2.36. The molecule has 5 atom stereocenters. The van der Waals surface area contributed by atoms with E-state index in [0.717, 1.165) is 19.3 Å². The quantitative estimate of drug-likeness (QED) is 0.603. The van der Waals surface area contributed by atoms with Gasteiger partial charge in [-0.1, -0.05) is 6.92 Å². The van der Waals surface area contributed by atoms with Crippen LogP contribution in [0.3, 0.4) is 0 Å². The standard InChI is InChI=1S/C20H33N3O4S/c1-6-9-21-15(25)12-13-17(27)23(10-11-24)14(16(26)22-18(2,3)4)20(13)8-7-19(12,5)28-20/h12-14,24H,6-11H2,1-5H3,(H,21,25)(H,22,26)/t12-,13+,14?,19+,20?/m1/s1. The van der Waals surface area contributed by atoms with Gasteiger partial charge in [0.2, 0.25) is 17.7 Å². The molecule has 2 unspecified atom stereocenters. The van der Waals surface area contributed by atoms with E-state index in [-0.39, 0.29) is 35.6 Å². The van der Waals surface area contributed by atoms with Crippen molar-refractivity contribution in [3.8, 4) is 0 Å². The molecule has 7 nitrogen and oxygen atoms in total. The second kappa shape index (κ2) is 7.20. The molecule has 0 saturated carbocycles. The fourth-order valence-electron chi connectivity index (χ4n) is 5.27. The number of nitrogens with one attached hydrogen (secondary N) is 2. The van der Waals surface area contributed by atoms with Crippen LogP contribution in [0, 0.1) is 11.8 Å². The highest BCUT2D eigenvalue weighted by atomic mass is 32.2. The molecule has 3 fully saturated rings. The molecule has 28 heavy (non-hydrogen) atoms. The minimum Gasteiger partial charge on any atom is -0.395 e. The Balaban J connectivity index is 2.00. The molecule has 3 amide bonds. The maximum atomic E-state index is 13.4. The van der Waals surface area contributed by atoms with Gasteiger partial charge in [0.1, 0.15) is 6.04 Å². The number of aliphatic hydroxyl groups is 1. The van der Waals surface area contributed by atoms with Crippen LogP contribution in [0.25, 0.3) is 0 Å². The minimum absolute atomic E-state index is 0.0856. The molecule has 0 radical (unpaired) electrons. The number of amides is 3. The first-order valence-electron chi connectivity index (χ1n) is 10.2. The summed E-state index contributed by atoms with van der Waals surface area (Å²) < 4.78 is -0.950. The first-order valence-corrected chi connectivity index (χ1v) is 11.0. The summed E-state index contributed by atoms with van der Waals surface area (Å²) >= 11 is 1.65. The van der Waals surface area contributed by atoms with Crippen molar-refractivity contribution in [1.29, 1.82) is 0 Å². The van der Waals surface area contributed by atoms with Crippen LogP contribution in [-0.2, 0) is 14.4 Å². The normalized spacial score (nSPS) is 36.6. The number of rotatable bonds is 6. The van der Waals surface area contributed by atoms with Crippen molar-refractivity contribution < 1.29 is 19.5 Å². The lowest BCUT2D eigenvalue weighted by molar-refractivity contribution is -0.141. The highest BCUT2D eigenvalue weighted by Crippen LogP contribution is 2.71. The summed E-state index contributed by atoms with van der Waals surface area (Å²) in [6, 6.07) is -0.660. The number of thioether (sulfide) groups is 1. The van der Waals surface area contributed by atoms with Crippen LogP contribution in [0.15, 0.2) is 0 Å². The highest BCUT2D eigenvalue weighted by Gasteiger charge is 2.77. The molecule has 3 aliphatic heterocycles. The van der Waals surface area contributed by atoms with Crippen LogP contribution in [0.4, 0.5) is 0 Å². The van der Waals surface area contributed by atoms with E-state index in [2.05, 4.69) is 17.6 Å². The number of hydrogen-bond donors (Lipinski definition) is 3. The Morgan fingerprint density at radius 3 is 2.54 bits per heavy atom. The van der Waals surface area contributed by atoms with E-state index in [0.29, 0.717) is 6.54 Å². The number of β-amino-alcohol motifs (C(OH)–C–C–N with tert-alkyl or cyclic N) is 1. The minimum atomic E-state index is -0.660. The summed E-state index contributed by atoms with van der Waals surface area (Å²) in [7, 11) is 0. The summed E-state index contributed by atoms with van der Waals surface area (Å²) in [6.45, 7) is 10.3. The van der Waals surface area contributed by atoms with Gasteiger partial charge in [-0.05, 0) is 47.0 Å². The molecule has 0 aromatic rings. The van der Waals surface area contributed by atoms with E-state index in [1.807, 2.05) is 27.7 Å². The predicted octanol–water partition coefficient (Wildman–Crippen LogP) is 0.901. The van der Waals surface area contributed by atoms with E-state index in [4.69, 9.17) is 0 Å². The summed E-state index contributed by atoms with van der Waals surface area (Å²) in [5.41, 5.74) is -0.428. The molecule has 1 spiro atoms. The average molecular weight is 412 g/mol. The summed E-state index contributed by atoms with van der Waals surface area (Å²) in [5.74, 6) is -1.41. The van der Waals surface area contributed by atoms with Crippen molar-refractivity contribution in [2.75, 3.05) is 19.7 Å². The molecule has 8 heteroatoms. The van der Waals surface area contributed by atoms with E-state index in [9.17, 15) is 19.5 Å². The van der Waals surface area contributed by atoms with Gasteiger partial charge >= 0.3 is 0 Å². The third-order valence-corrected chi connectivity index (χ3v) is 8.18. The number of carbonyl (C=O) groups excluding carboxylic acids is 3. The maximum Gasteiger partial charge on any atom is 0.244 e. The van der Waals surface area contributed by atoms with E-state index < -0.39 is 28.2 Å². The van der Waals surface area contributed by atoms with Gasteiger partial charge in [0.15, 0.2) is 0 Å². The van der Waals surface area contributed by atoms with Gasteiger partial charge in [0.25, 0.3) is 0 Å². The average Bonchev–Trinajstić information content (AvgIpc) is 3.13. The van der Waals surface area contributed by atoms with Crippen LogP contribution >= 0.6 is 11.8 Å². The lowest BCUT2D eigenvalue weighted by atomic mass is 9.66. The monoisotopic (exact) mass is 411 g/mol. The molecule has 0 aromatic heterocycles. The molecule has 0 aliphatic carbocycles. The molecular weight excluding hydrogens is 378 g/mol. The van der Waals surface area contributed by atoms with Crippen LogP contribution in [-0.4, -0.2) is 68.5 Å². The zero-order valence-electron chi connectivity index (χ0n) is 17.5. The Morgan fingerprint density at radius 1 is 1.29 bits per heavy atom. The molecule has 158 valence electrons. The number of nitrogens with zero attached hydrogens (tertiary/aromatic N) is 1. The zero-order chi connectivity index (χ0) is 20.9. The van der Waals surface area contributed by atoms with Gasteiger partial charge in [0.05, 0.1) is 23.2 Å². The molecule has 3 heterocycles. The Labute approximate surface area is 171 Å². The van der Waals surface area contributed by atoms with Gasteiger partial charge in [-0.3, -0.25) is 14.4 Å². The predicted molar refractivity (Wildman–Crippen MR) is 109 cm³/mol. The summed E-state index contributed by atoms with van der Waals surface area (Å²) in [5, 5.41) is 15.5. The lowest BCUT2D eigenvalue weighted by Crippen LogP contribution is -2.57. The van der Waals surface area contributed by atoms with Crippen molar-refractivity contribution in [2.24, 2.45) is 11.8 Å². The van der Waals surface area contributed by atoms with Gasteiger partial charge < -0.3 is 20.6 Å². The molecule has 3 saturated heterocycles. The van der Waals surface area contributed by atoms with E-state index in [1.165, 1.54) is 4.90 Å². The van der Waals surface area contributed by atoms with Gasteiger partial charge in [-0.2, -0.15) is 0 Å². The maximum absolute atomic E-state index is 13.4. The molecular formula is C20H33N3O4S. The van der Waals surface area contributed by atoms with Gasteiger partial charge in [-0.25, -0.2) is 0 Å². The molecule has 2 bridgehead atoms. The number of hydrogen-bond acceptors (Lipinski definition) is 5. The molecule has 3 N–H and O–H groups in total. The zero-order valence-corrected chi connectivity index (χ0v) is 18.3. The van der Waals surface area contributed by atoms with Crippen molar-refractivity contribution in [1.82, 2.24) is 15.5 Å². The van der Waals surface area contributed by atoms with Crippen molar-refractivity contribution in [2.45, 2.75) is 75.0 Å². The summed E-state index contributed by atoms with van der Waals surface area (Å²) in [6.07, 6.45) is 2.36. The fraction of sp³-hybridized carbons (Fsp3) is 0.850. The second-order valence-corrected chi connectivity index (χ2v) is 11.4. The number of fused-ring (bicyclic) bond motifs is 1. The van der Waals surface area contributed by atoms with Crippen molar-refractivity contribution in [3.05, 3.63) is 0 Å². The topological polar surface area (TPSA) is 98.7 Å². The molecule has 3 rings (SSSR count). The first kappa shape index (κ1) is 21.4. The van der Waals surface area contributed by atoms with Gasteiger partial charge in [-0.15, -0.1) is 11.8 Å². The van der Waals surface area contributed by atoms with Crippen molar-refractivity contribution in [3.63, 3.8) is 0 Å². The molecule has 3 aliphatic rings. The van der Waals surface area contributed by atoms with E-state index >= 15 is 0 Å². The smallest absolute Gasteiger partial charge is 0.244 e. The largest absolute Gasteiger partial charge is 0.395 e. The molecule has 0 aromatic carbocycles. The summed E-state index contributed by atoms with van der Waals surface area (Å²) in [4.78, 5) is 41.2. The second-order valence-electron chi connectivity index (χ2n) is 9.51. The Hall–Kier alpha value is -1.28. The van der Waals surface area contributed by atoms with Crippen molar-refractivity contribution >= 4 is 29.5 Å². The van der Waals surface area contributed by atoms with Crippen LogP contribution in [0.1, 0.15) is 53.9 Å². The van der Waals surface area contributed by atoms with Crippen LogP contribution in [0.2, 0.25) is 0 Å². The number of aliphatic hydroxyl groups excluding tert-OH is 1. The Bertz CT molecular complexity index is 679. The third-order valence-electron chi connectivity index (χ3n) is 6.20. The van der Waals surface area contributed by atoms with Crippen LogP contribution in [0.5, 0.6) is 0 Å². The third kappa shape index (κ3) is 3.22. The van der Waals surface area contributed by atoms with Crippen LogP contribution < -0.4 is 10.6 Å². The first-order chi connectivity index (χ1) is 13.0. The number of likely N-dealkylation sites (tertiary alicyclic amines) is 1.